The number of fused-ring (bicyclic) bond motifs is 1. The summed E-state index contributed by atoms with van der Waals surface area (Å²) >= 11 is 9.11. The van der Waals surface area contributed by atoms with Gasteiger partial charge < -0.3 is 10.2 Å². The highest BCUT2D eigenvalue weighted by molar-refractivity contribution is 7.98. The van der Waals surface area contributed by atoms with Crippen molar-refractivity contribution < 1.29 is 4.79 Å². The van der Waals surface area contributed by atoms with Crippen LogP contribution in [0.1, 0.15) is 34.5 Å². The molecule has 0 bridgehead atoms. The topological polar surface area (TPSA) is 58.1 Å². The van der Waals surface area contributed by atoms with E-state index in [1.54, 1.807) is 0 Å². The van der Waals surface area contributed by atoms with Crippen LogP contribution in [-0.2, 0) is 0 Å². The number of carbonyl (C=O) groups excluding carboxylic acids is 1. The van der Waals surface area contributed by atoms with Crippen LogP contribution in [0.3, 0.4) is 0 Å². The highest BCUT2D eigenvalue weighted by atomic mass is 35.5. The molecule has 0 spiro atoms. The number of nitrogens with zero attached hydrogens (tertiary/aromatic N) is 3. The number of hydrogen-bond acceptors (Lipinski definition) is 6. The van der Waals surface area contributed by atoms with E-state index in [-0.39, 0.29) is 5.91 Å². The predicted octanol–water partition coefficient (Wildman–Crippen LogP) is 5.62. The fourth-order valence-electron chi connectivity index (χ4n) is 3.36. The molecule has 0 atom stereocenters. The summed E-state index contributed by atoms with van der Waals surface area (Å²) in [5.74, 6) is 0.798. The molecule has 0 saturated carbocycles. The summed E-state index contributed by atoms with van der Waals surface area (Å²) in [4.78, 5) is 26.1. The van der Waals surface area contributed by atoms with Crippen LogP contribution in [0.5, 0.6) is 0 Å². The molecule has 0 aliphatic carbocycles. The molecule has 3 aromatic rings. The van der Waals surface area contributed by atoms with Crippen LogP contribution in [-0.4, -0.2) is 35.2 Å². The molecule has 5 nitrogen and oxygen atoms in total. The van der Waals surface area contributed by atoms with E-state index in [1.165, 1.54) is 42.4 Å². The fourth-order valence-corrected chi connectivity index (χ4v) is 4.88. The van der Waals surface area contributed by atoms with Crippen molar-refractivity contribution in [3.8, 4) is 0 Å². The van der Waals surface area contributed by atoms with Gasteiger partial charge in [-0.15, -0.1) is 11.3 Å². The maximum absolute atomic E-state index is 12.9. The van der Waals surface area contributed by atoms with E-state index in [9.17, 15) is 4.79 Å². The van der Waals surface area contributed by atoms with E-state index in [2.05, 4.69) is 15.2 Å². The van der Waals surface area contributed by atoms with Gasteiger partial charge in [0.1, 0.15) is 10.6 Å². The van der Waals surface area contributed by atoms with Crippen LogP contribution in [0.25, 0.3) is 10.2 Å². The largest absolute Gasteiger partial charge is 0.356 e. The molecule has 146 valence electrons. The van der Waals surface area contributed by atoms with E-state index in [1.807, 2.05) is 37.4 Å². The van der Waals surface area contributed by atoms with Gasteiger partial charge in [-0.1, -0.05) is 29.4 Å². The van der Waals surface area contributed by atoms with E-state index in [0.717, 1.165) is 45.5 Å². The number of halogens is 1. The standard InChI is InChI=1S/C20H21ClN4OS2/c1-12-14(21)7-6-8-15(12)22-18(26)16-11-13-17(25-9-4-3-5-10-25)23-20(27-2)24-19(13)28-16/h6-8,11H,3-5,9-10H2,1-2H3,(H,22,26). The third kappa shape index (κ3) is 3.83. The minimum Gasteiger partial charge on any atom is -0.356 e. The summed E-state index contributed by atoms with van der Waals surface area (Å²) in [7, 11) is 0. The minimum atomic E-state index is -0.149. The quantitative estimate of drug-likeness (QED) is 0.428. The first-order valence-electron chi connectivity index (χ1n) is 9.24. The van der Waals surface area contributed by atoms with Crippen LogP contribution < -0.4 is 10.2 Å². The summed E-state index contributed by atoms with van der Waals surface area (Å²) in [5, 5.41) is 5.31. The van der Waals surface area contributed by atoms with Gasteiger partial charge >= 0.3 is 0 Å². The monoisotopic (exact) mass is 432 g/mol. The van der Waals surface area contributed by atoms with E-state index >= 15 is 0 Å². The number of amides is 1. The Labute approximate surface area is 177 Å². The summed E-state index contributed by atoms with van der Waals surface area (Å²) in [5.41, 5.74) is 1.58. The van der Waals surface area contributed by atoms with Crippen molar-refractivity contribution in [2.75, 3.05) is 29.6 Å². The average Bonchev–Trinajstić information content (AvgIpc) is 3.15. The molecule has 1 N–H and O–H groups in total. The van der Waals surface area contributed by atoms with Crippen molar-refractivity contribution in [2.45, 2.75) is 31.3 Å². The first kappa shape index (κ1) is 19.5. The van der Waals surface area contributed by atoms with Crippen molar-refractivity contribution in [3.63, 3.8) is 0 Å². The van der Waals surface area contributed by atoms with Crippen LogP contribution in [0.4, 0.5) is 11.5 Å². The fraction of sp³-hybridized carbons (Fsp3) is 0.350. The lowest BCUT2D eigenvalue weighted by atomic mass is 10.1. The van der Waals surface area contributed by atoms with Gasteiger partial charge in [0.15, 0.2) is 5.16 Å². The molecule has 1 aliphatic rings. The molecule has 1 saturated heterocycles. The van der Waals surface area contributed by atoms with Crippen molar-refractivity contribution in [1.29, 1.82) is 0 Å². The molecule has 3 heterocycles. The van der Waals surface area contributed by atoms with Crippen LogP contribution in [0.15, 0.2) is 29.4 Å². The molecule has 1 fully saturated rings. The van der Waals surface area contributed by atoms with E-state index < -0.39 is 0 Å². The molecule has 1 amide bonds. The Bertz CT molecular complexity index is 1030. The Hall–Kier alpha value is -1.83. The van der Waals surface area contributed by atoms with Gasteiger partial charge in [0.2, 0.25) is 0 Å². The summed E-state index contributed by atoms with van der Waals surface area (Å²) < 4.78 is 0. The molecule has 1 aromatic carbocycles. The van der Waals surface area contributed by atoms with Crippen molar-refractivity contribution >= 4 is 62.3 Å². The Morgan fingerprint density at radius 2 is 2.04 bits per heavy atom. The van der Waals surface area contributed by atoms with Gasteiger partial charge in [0, 0.05) is 23.8 Å². The molecule has 4 rings (SSSR count). The smallest absolute Gasteiger partial charge is 0.265 e. The number of hydrogen-bond donors (Lipinski definition) is 1. The number of thiophene rings is 1. The lowest BCUT2D eigenvalue weighted by Crippen LogP contribution is -2.30. The number of anilines is 2. The maximum Gasteiger partial charge on any atom is 0.265 e. The van der Waals surface area contributed by atoms with Gasteiger partial charge in [-0.25, -0.2) is 9.97 Å². The Kier molecular flexibility index (Phi) is 5.75. The average molecular weight is 433 g/mol. The number of benzene rings is 1. The summed E-state index contributed by atoms with van der Waals surface area (Å²) in [6, 6.07) is 7.43. The van der Waals surface area contributed by atoms with Crippen molar-refractivity contribution in [1.82, 2.24) is 9.97 Å². The van der Waals surface area contributed by atoms with E-state index in [4.69, 9.17) is 16.6 Å². The lowest BCUT2D eigenvalue weighted by molar-refractivity contribution is 0.103. The number of carbonyl (C=O) groups is 1. The third-order valence-corrected chi connectivity index (χ3v) is 6.91. The normalized spacial score (nSPS) is 14.5. The van der Waals surface area contributed by atoms with Gasteiger partial charge in [-0.2, -0.15) is 0 Å². The predicted molar refractivity (Wildman–Crippen MR) is 119 cm³/mol. The third-order valence-electron chi connectivity index (χ3n) is 4.93. The second kappa shape index (κ2) is 8.27. The lowest BCUT2D eigenvalue weighted by Gasteiger charge is -2.28. The Balaban J connectivity index is 1.70. The van der Waals surface area contributed by atoms with Crippen LogP contribution in [0, 0.1) is 6.92 Å². The molecular formula is C20H21ClN4OS2. The molecule has 0 radical (unpaired) electrons. The van der Waals surface area contributed by atoms with Gasteiger partial charge in [0.05, 0.1) is 10.3 Å². The van der Waals surface area contributed by atoms with Gasteiger partial charge in [-0.3, -0.25) is 4.79 Å². The van der Waals surface area contributed by atoms with Crippen molar-refractivity contribution in [2.24, 2.45) is 0 Å². The molecule has 1 aliphatic heterocycles. The first-order valence-corrected chi connectivity index (χ1v) is 11.7. The second-order valence-corrected chi connectivity index (χ2v) is 8.99. The number of thioether (sulfide) groups is 1. The van der Waals surface area contributed by atoms with Crippen molar-refractivity contribution in [3.05, 3.63) is 39.7 Å². The molecule has 2 aromatic heterocycles. The zero-order chi connectivity index (χ0) is 19.7. The Morgan fingerprint density at radius 1 is 1.25 bits per heavy atom. The summed E-state index contributed by atoms with van der Waals surface area (Å²) in [6.45, 7) is 3.89. The number of nitrogens with one attached hydrogen (secondary N) is 1. The molecule has 0 unspecified atom stereocenters. The number of aromatic nitrogens is 2. The van der Waals surface area contributed by atoms with Gasteiger partial charge in [-0.05, 0) is 56.2 Å². The Morgan fingerprint density at radius 3 is 2.79 bits per heavy atom. The molecule has 28 heavy (non-hydrogen) atoms. The van der Waals surface area contributed by atoms with Crippen LogP contribution >= 0.6 is 34.7 Å². The number of piperidine rings is 1. The van der Waals surface area contributed by atoms with E-state index in [0.29, 0.717) is 9.90 Å². The number of rotatable bonds is 4. The first-order chi connectivity index (χ1) is 13.6. The zero-order valence-corrected chi connectivity index (χ0v) is 18.2. The van der Waals surface area contributed by atoms with Gasteiger partial charge in [0.25, 0.3) is 5.91 Å². The molecular weight excluding hydrogens is 412 g/mol. The van der Waals surface area contributed by atoms with Crippen LogP contribution in [0.2, 0.25) is 5.02 Å². The maximum atomic E-state index is 12.9. The molecule has 8 heteroatoms. The summed E-state index contributed by atoms with van der Waals surface area (Å²) in [6.07, 6.45) is 5.58. The second-order valence-electron chi connectivity index (χ2n) is 6.78. The highest BCUT2D eigenvalue weighted by Gasteiger charge is 2.21. The minimum absolute atomic E-state index is 0.149. The zero-order valence-electron chi connectivity index (χ0n) is 15.8. The highest BCUT2D eigenvalue weighted by Crippen LogP contribution is 2.34. The SMILES string of the molecule is CSc1nc(N2CCCCC2)c2cc(C(=O)Nc3cccc(Cl)c3C)sc2n1.